The van der Waals surface area contributed by atoms with Crippen molar-refractivity contribution < 1.29 is 4.79 Å². The molecule has 0 bridgehead atoms. The van der Waals surface area contributed by atoms with Crippen LogP contribution in [0, 0.1) is 0 Å². The van der Waals surface area contributed by atoms with E-state index in [0.717, 1.165) is 5.71 Å². The number of nitrogens with one attached hydrogen (secondary N) is 1. The molecule has 30 heavy (non-hydrogen) atoms. The summed E-state index contributed by atoms with van der Waals surface area (Å²) in [5, 5.41) is 9.65. The largest absolute Gasteiger partial charge is 0.292 e. The summed E-state index contributed by atoms with van der Waals surface area (Å²) in [6.45, 7) is 0. The molecule has 1 amide bonds. The van der Waals surface area contributed by atoms with Crippen LogP contribution in [0.3, 0.4) is 0 Å². The topological polar surface area (TPSA) is 76.3 Å². The van der Waals surface area contributed by atoms with Crippen LogP contribution >= 0.6 is 0 Å². The first-order chi connectivity index (χ1) is 14.7. The molecule has 0 saturated carbocycles. The van der Waals surface area contributed by atoms with Crippen molar-refractivity contribution in [2.45, 2.75) is 12.8 Å². The number of benzene rings is 3. The molecule has 1 heterocycles. The first kappa shape index (κ1) is 18.0. The summed E-state index contributed by atoms with van der Waals surface area (Å²) in [7, 11) is 0. The lowest BCUT2D eigenvalue weighted by molar-refractivity contribution is 0.0950. The van der Waals surface area contributed by atoms with Crippen molar-refractivity contribution in [3.63, 3.8) is 0 Å². The van der Waals surface area contributed by atoms with Gasteiger partial charge in [0.05, 0.1) is 11.1 Å². The maximum atomic E-state index is 13.0. The molecule has 146 valence electrons. The van der Waals surface area contributed by atoms with E-state index in [1.807, 2.05) is 30.3 Å². The average molecular weight is 394 g/mol. The van der Waals surface area contributed by atoms with Gasteiger partial charge in [-0.15, -0.1) is 0 Å². The van der Waals surface area contributed by atoms with Crippen LogP contribution in [0.15, 0.2) is 88.8 Å². The van der Waals surface area contributed by atoms with Crippen LogP contribution in [-0.2, 0) is 12.8 Å². The molecule has 0 atom stereocenters. The molecular formula is C24H18N4O2. The first-order valence-corrected chi connectivity index (χ1v) is 9.71. The lowest BCUT2D eigenvalue weighted by atomic mass is 10.1. The van der Waals surface area contributed by atoms with E-state index in [2.05, 4.69) is 27.8 Å². The standard InChI is InChI=1S/C24H18N4O2/c29-23(26-25-18-14-16-8-4-5-9-17(16)15-18)22-20-12-6-7-13-21(20)24(30)28(27-22)19-10-2-1-3-11-19/h1-13H,14-15H2,(H,26,29). The fraction of sp³-hybridized carbons (Fsp3) is 0.0833. The molecule has 0 aliphatic heterocycles. The Bertz CT molecular complexity index is 1330. The van der Waals surface area contributed by atoms with E-state index >= 15 is 0 Å². The van der Waals surface area contributed by atoms with E-state index in [9.17, 15) is 9.59 Å². The van der Waals surface area contributed by atoms with Gasteiger partial charge in [-0.3, -0.25) is 9.59 Å². The smallest absolute Gasteiger partial charge is 0.267 e. The molecule has 1 aliphatic rings. The maximum Gasteiger partial charge on any atom is 0.292 e. The Balaban J connectivity index is 1.52. The van der Waals surface area contributed by atoms with Gasteiger partial charge in [0.25, 0.3) is 11.5 Å². The third-order valence-corrected chi connectivity index (χ3v) is 5.24. The summed E-state index contributed by atoms with van der Waals surface area (Å²) in [5.74, 6) is -0.445. The van der Waals surface area contributed by atoms with Gasteiger partial charge < -0.3 is 0 Å². The summed E-state index contributed by atoms with van der Waals surface area (Å²) in [4.78, 5) is 25.9. The minimum atomic E-state index is -0.445. The summed E-state index contributed by atoms with van der Waals surface area (Å²) >= 11 is 0. The normalized spacial score (nSPS) is 12.6. The number of fused-ring (bicyclic) bond motifs is 2. The van der Waals surface area contributed by atoms with Crippen LogP contribution in [0.25, 0.3) is 16.5 Å². The molecule has 6 nitrogen and oxygen atoms in total. The van der Waals surface area contributed by atoms with Crippen molar-refractivity contribution in [2.75, 3.05) is 0 Å². The van der Waals surface area contributed by atoms with Crippen molar-refractivity contribution in [2.24, 2.45) is 5.10 Å². The van der Waals surface area contributed by atoms with Gasteiger partial charge in [0.1, 0.15) is 0 Å². The minimum absolute atomic E-state index is 0.161. The fourth-order valence-electron chi connectivity index (χ4n) is 3.77. The predicted molar refractivity (Wildman–Crippen MR) is 116 cm³/mol. The number of rotatable bonds is 3. The first-order valence-electron chi connectivity index (χ1n) is 9.71. The highest BCUT2D eigenvalue weighted by atomic mass is 16.2. The molecule has 1 aliphatic carbocycles. The zero-order valence-corrected chi connectivity index (χ0v) is 16.1. The molecule has 0 unspecified atom stereocenters. The van der Waals surface area contributed by atoms with Crippen molar-refractivity contribution >= 4 is 22.4 Å². The maximum absolute atomic E-state index is 13.0. The van der Waals surface area contributed by atoms with Crippen molar-refractivity contribution in [3.8, 4) is 5.69 Å². The Morgan fingerprint density at radius 2 is 1.43 bits per heavy atom. The zero-order valence-electron chi connectivity index (χ0n) is 16.1. The summed E-state index contributed by atoms with van der Waals surface area (Å²) in [5.41, 5.74) is 6.47. The number of hydrazone groups is 1. The van der Waals surface area contributed by atoms with Crippen LogP contribution in [0.1, 0.15) is 21.6 Å². The molecule has 0 saturated heterocycles. The highest BCUT2D eigenvalue weighted by Gasteiger charge is 2.19. The molecule has 4 aromatic rings. The van der Waals surface area contributed by atoms with Gasteiger partial charge >= 0.3 is 0 Å². The Labute approximate surface area is 172 Å². The van der Waals surface area contributed by atoms with E-state index in [4.69, 9.17) is 0 Å². The molecule has 1 N–H and O–H groups in total. The summed E-state index contributed by atoms with van der Waals surface area (Å²) in [6.07, 6.45) is 1.43. The third kappa shape index (κ3) is 3.18. The number of aromatic nitrogens is 2. The molecule has 1 aromatic heterocycles. The van der Waals surface area contributed by atoms with Gasteiger partial charge in [0.15, 0.2) is 5.69 Å². The number of carbonyl (C=O) groups excluding carboxylic acids is 1. The van der Waals surface area contributed by atoms with Crippen LogP contribution < -0.4 is 11.0 Å². The summed E-state index contributed by atoms with van der Waals surface area (Å²) < 4.78 is 1.26. The van der Waals surface area contributed by atoms with Gasteiger partial charge in [-0.2, -0.15) is 14.9 Å². The fourth-order valence-corrected chi connectivity index (χ4v) is 3.77. The van der Waals surface area contributed by atoms with Crippen molar-refractivity contribution in [1.29, 1.82) is 0 Å². The number of amides is 1. The molecule has 0 radical (unpaired) electrons. The highest BCUT2D eigenvalue weighted by Crippen LogP contribution is 2.19. The Kier molecular flexibility index (Phi) is 4.44. The van der Waals surface area contributed by atoms with Gasteiger partial charge in [-0.25, -0.2) is 5.43 Å². The van der Waals surface area contributed by atoms with Crippen LogP contribution in [0.2, 0.25) is 0 Å². The second-order valence-corrected chi connectivity index (χ2v) is 7.19. The quantitative estimate of drug-likeness (QED) is 0.542. The monoisotopic (exact) mass is 394 g/mol. The average Bonchev–Trinajstić information content (AvgIpc) is 3.21. The second-order valence-electron chi connectivity index (χ2n) is 7.19. The van der Waals surface area contributed by atoms with Crippen LogP contribution in [0.5, 0.6) is 0 Å². The Morgan fingerprint density at radius 3 is 2.13 bits per heavy atom. The predicted octanol–water partition coefficient (Wildman–Crippen LogP) is 3.27. The lowest BCUT2D eigenvalue weighted by Gasteiger charge is -2.10. The molecule has 3 aromatic carbocycles. The van der Waals surface area contributed by atoms with Gasteiger partial charge in [0.2, 0.25) is 0 Å². The SMILES string of the molecule is O=C(NN=C1Cc2ccccc2C1)c1nn(-c2ccccc2)c(=O)c2ccccc12. The van der Waals surface area contributed by atoms with Gasteiger partial charge in [-0.1, -0.05) is 60.7 Å². The number of nitrogens with zero attached hydrogens (tertiary/aromatic N) is 3. The molecule has 0 spiro atoms. The van der Waals surface area contributed by atoms with Crippen LogP contribution in [-0.4, -0.2) is 21.4 Å². The van der Waals surface area contributed by atoms with Crippen molar-refractivity contribution in [3.05, 3.63) is 106 Å². The van der Waals surface area contributed by atoms with Gasteiger partial charge in [0, 0.05) is 23.9 Å². The van der Waals surface area contributed by atoms with Crippen molar-refractivity contribution in [1.82, 2.24) is 15.2 Å². The second kappa shape index (κ2) is 7.40. The van der Waals surface area contributed by atoms with E-state index in [0.29, 0.717) is 29.3 Å². The lowest BCUT2D eigenvalue weighted by Crippen LogP contribution is -2.28. The minimum Gasteiger partial charge on any atom is -0.267 e. The summed E-state index contributed by atoms with van der Waals surface area (Å²) in [6, 6.07) is 24.2. The number of hydrogen-bond donors (Lipinski definition) is 1. The zero-order chi connectivity index (χ0) is 20.5. The number of para-hydroxylation sites is 1. The molecule has 0 fully saturated rings. The van der Waals surface area contributed by atoms with E-state index < -0.39 is 5.91 Å². The van der Waals surface area contributed by atoms with E-state index in [1.54, 1.807) is 36.4 Å². The highest BCUT2D eigenvalue weighted by molar-refractivity contribution is 6.05. The van der Waals surface area contributed by atoms with Crippen LogP contribution in [0.4, 0.5) is 0 Å². The molecular weight excluding hydrogens is 376 g/mol. The third-order valence-electron chi connectivity index (χ3n) is 5.24. The van der Waals surface area contributed by atoms with E-state index in [-0.39, 0.29) is 11.3 Å². The van der Waals surface area contributed by atoms with Gasteiger partial charge in [-0.05, 0) is 29.3 Å². The molecule has 5 rings (SSSR count). The Morgan fingerprint density at radius 1 is 0.833 bits per heavy atom. The number of hydrogen-bond acceptors (Lipinski definition) is 4. The number of carbonyl (C=O) groups is 1. The molecule has 6 heteroatoms. The van der Waals surface area contributed by atoms with E-state index in [1.165, 1.54) is 15.8 Å². The Hall–Kier alpha value is -4.06.